The third kappa shape index (κ3) is 3.24. The third-order valence-corrected chi connectivity index (χ3v) is 3.37. The lowest BCUT2D eigenvalue weighted by molar-refractivity contribution is 0.288. The number of hydrogen-bond donors (Lipinski definition) is 0. The molecule has 0 aliphatic carbocycles. The van der Waals surface area contributed by atoms with Crippen LogP contribution < -0.4 is 4.74 Å². The number of hydrogen-bond acceptors (Lipinski definition) is 3. The highest BCUT2D eigenvalue weighted by atomic mass is 16.5. The summed E-state index contributed by atoms with van der Waals surface area (Å²) in [6.45, 7) is 4.78. The van der Waals surface area contributed by atoms with Crippen molar-refractivity contribution < 1.29 is 4.74 Å². The van der Waals surface area contributed by atoms with Gasteiger partial charge in [0.15, 0.2) is 0 Å². The summed E-state index contributed by atoms with van der Waals surface area (Å²) in [5.74, 6) is 0.896. The van der Waals surface area contributed by atoms with Crippen molar-refractivity contribution in [2.24, 2.45) is 0 Å². The van der Waals surface area contributed by atoms with Crippen molar-refractivity contribution in [3.05, 3.63) is 29.8 Å². The number of ether oxygens (including phenoxy) is 1. The Balaban J connectivity index is 2.02. The van der Waals surface area contributed by atoms with E-state index < -0.39 is 0 Å². The molecule has 1 atom stereocenters. The molecule has 1 aromatic rings. The van der Waals surface area contributed by atoms with Gasteiger partial charge in [-0.15, -0.1) is 0 Å². The summed E-state index contributed by atoms with van der Waals surface area (Å²) in [6, 6.07) is 10.5. The predicted octanol–water partition coefficient (Wildman–Crippen LogP) is 2.62. The van der Waals surface area contributed by atoms with Gasteiger partial charge in [0.25, 0.3) is 0 Å². The van der Waals surface area contributed by atoms with E-state index in [-0.39, 0.29) is 6.04 Å². The maximum Gasteiger partial charge on any atom is 0.119 e. The summed E-state index contributed by atoms with van der Waals surface area (Å²) >= 11 is 0. The zero-order chi connectivity index (χ0) is 12.8. The van der Waals surface area contributed by atoms with Gasteiger partial charge in [0, 0.05) is 6.42 Å². The van der Waals surface area contributed by atoms with Gasteiger partial charge in [0.2, 0.25) is 0 Å². The molecular weight excluding hydrogens is 224 g/mol. The Bertz CT molecular complexity index is 419. The van der Waals surface area contributed by atoms with Crippen LogP contribution in [-0.4, -0.2) is 30.6 Å². The summed E-state index contributed by atoms with van der Waals surface area (Å²) in [5, 5.41) is 9.30. The first-order valence-corrected chi connectivity index (χ1v) is 6.69. The van der Waals surface area contributed by atoms with Gasteiger partial charge < -0.3 is 4.74 Å². The van der Waals surface area contributed by atoms with Crippen LogP contribution in [0.3, 0.4) is 0 Å². The van der Waals surface area contributed by atoms with Crippen molar-refractivity contribution in [2.45, 2.75) is 32.2 Å². The van der Waals surface area contributed by atoms with Gasteiger partial charge in [-0.1, -0.05) is 12.1 Å². The predicted molar refractivity (Wildman–Crippen MR) is 71.5 cm³/mol. The lowest BCUT2D eigenvalue weighted by atomic mass is 10.1. The Morgan fingerprint density at radius 2 is 2.17 bits per heavy atom. The molecule has 0 N–H and O–H groups in total. The minimum Gasteiger partial charge on any atom is -0.494 e. The van der Waals surface area contributed by atoms with Crippen LogP contribution >= 0.6 is 0 Å². The third-order valence-electron chi connectivity index (χ3n) is 3.37. The number of likely N-dealkylation sites (tertiary alicyclic amines) is 1. The van der Waals surface area contributed by atoms with Crippen LogP contribution in [0.4, 0.5) is 0 Å². The minimum atomic E-state index is 0.00405. The standard InChI is InChI=1S/C15H20N2O/c1-2-18-15-7-5-6-13(11-15)10-14(12-16)17-8-3-4-9-17/h5-7,11,14H,2-4,8-10H2,1H3. The first-order valence-electron chi connectivity index (χ1n) is 6.69. The van der Waals surface area contributed by atoms with Gasteiger partial charge >= 0.3 is 0 Å². The van der Waals surface area contributed by atoms with Crippen LogP contribution in [0.2, 0.25) is 0 Å². The SMILES string of the molecule is CCOc1cccc(CC(C#N)N2CCCC2)c1. The van der Waals surface area contributed by atoms with Crippen LogP contribution in [0.15, 0.2) is 24.3 Å². The van der Waals surface area contributed by atoms with Gasteiger partial charge in [0.05, 0.1) is 12.7 Å². The average Bonchev–Trinajstić information content (AvgIpc) is 2.90. The highest BCUT2D eigenvalue weighted by Crippen LogP contribution is 2.18. The lowest BCUT2D eigenvalue weighted by Crippen LogP contribution is -2.33. The summed E-state index contributed by atoms with van der Waals surface area (Å²) in [6.07, 6.45) is 3.23. The second kappa shape index (κ2) is 6.42. The molecule has 0 saturated carbocycles. The molecule has 2 rings (SSSR count). The van der Waals surface area contributed by atoms with Crippen molar-refractivity contribution >= 4 is 0 Å². The molecule has 0 radical (unpaired) electrons. The van der Waals surface area contributed by atoms with Crippen LogP contribution in [-0.2, 0) is 6.42 Å². The van der Waals surface area contributed by atoms with E-state index in [4.69, 9.17) is 4.74 Å². The first kappa shape index (κ1) is 12.9. The molecule has 1 saturated heterocycles. The molecule has 18 heavy (non-hydrogen) atoms. The van der Waals surface area contributed by atoms with Crippen LogP contribution in [0.1, 0.15) is 25.3 Å². The summed E-state index contributed by atoms with van der Waals surface area (Å²) in [5.41, 5.74) is 1.18. The van der Waals surface area contributed by atoms with E-state index in [0.717, 1.165) is 25.3 Å². The molecule has 1 aromatic carbocycles. The molecule has 1 fully saturated rings. The molecule has 3 heteroatoms. The molecular formula is C15H20N2O. The van der Waals surface area contributed by atoms with E-state index >= 15 is 0 Å². The zero-order valence-electron chi connectivity index (χ0n) is 10.9. The minimum absolute atomic E-state index is 0.00405. The Morgan fingerprint density at radius 3 is 2.83 bits per heavy atom. The van der Waals surface area contributed by atoms with Crippen molar-refractivity contribution in [3.8, 4) is 11.8 Å². The Hall–Kier alpha value is -1.53. The second-order valence-corrected chi connectivity index (χ2v) is 4.67. The number of nitrogens with zero attached hydrogens (tertiary/aromatic N) is 2. The number of nitriles is 1. The molecule has 1 aliphatic heterocycles. The van der Waals surface area contributed by atoms with Crippen molar-refractivity contribution in [1.82, 2.24) is 4.90 Å². The fourth-order valence-corrected chi connectivity index (χ4v) is 2.46. The number of benzene rings is 1. The Labute approximate surface area is 109 Å². The average molecular weight is 244 g/mol. The van der Waals surface area contributed by atoms with Gasteiger partial charge in [-0.3, -0.25) is 4.90 Å². The van der Waals surface area contributed by atoms with Crippen LogP contribution in [0.5, 0.6) is 5.75 Å². The molecule has 1 unspecified atom stereocenters. The van der Waals surface area contributed by atoms with Gasteiger partial charge in [-0.2, -0.15) is 5.26 Å². The molecule has 1 aliphatic rings. The molecule has 1 heterocycles. The van der Waals surface area contributed by atoms with E-state index in [0.29, 0.717) is 6.61 Å². The van der Waals surface area contributed by atoms with E-state index in [9.17, 15) is 5.26 Å². The van der Waals surface area contributed by atoms with Gasteiger partial charge in [-0.25, -0.2) is 0 Å². The van der Waals surface area contributed by atoms with Crippen LogP contribution in [0, 0.1) is 11.3 Å². The normalized spacial score (nSPS) is 17.3. The van der Waals surface area contributed by atoms with Crippen LogP contribution in [0.25, 0.3) is 0 Å². The summed E-state index contributed by atoms with van der Waals surface area (Å²) in [4.78, 5) is 2.29. The van der Waals surface area contributed by atoms with E-state index in [1.807, 2.05) is 25.1 Å². The monoisotopic (exact) mass is 244 g/mol. The van der Waals surface area contributed by atoms with E-state index in [2.05, 4.69) is 17.0 Å². The Kier molecular flexibility index (Phi) is 4.60. The van der Waals surface area contributed by atoms with Crippen molar-refractivity contribution in [3.63, 3.8) is 0 Å². The second-order valence-electron chi connectivity index (χ2n) is 4.67. The summed E-state index contributed by atoms with van der Waals surface area (Å²) < 4.78 is 5.49. The fourth-order valence-electron chi connectivity index (χ4n) is 2.46. The van der Waals surface area contributed by atoms with E-state index in [1.54, 1.807) is 0 Å². The zero-order valence-corrected chi connectivity index (χ0v) is 10.9. The smallest absolute Gasteiger partial charge is 0.119 e. The topological polar surface area (TPSA) is 36.3 Å². The highest BCUT2D eigenvalue weighted by molar-refractivity contribution is 5.29. The molecule has 3 nitrogen and oxygen atoms in total. The molecule has 0 aromatic heterocycles. The molecule has 96 valence electrons. The van der Waals surface area contributed by atoms with Crippen molar-refractivity contribution in [1.29, 1.82) is 5.26 Å². The quantitative estimate of drug-likeness (QED) is 0.799. The van der Waals surface area contributed by atoms with Crippen molar-refractivity contribution in [2.75, 3.05) is 19.7 Å². The van der Waals surface area contributed by atoms with Gasteiger partial charge in [-0.05, 0) is 50.6 Å². The Morgan fingerprint density at radius 1 is 1.39 bits per heavy atom. The largest absolute Gasteiger partial charge is 0.494 e. The highest BCUT2D eigenvalue weighted by Gasteiger charge is 2.21. The maximum atomic E-state index is 9.30. The molecule has 0 amide bonds. The summed E-state index contributed by atoms with van der Waals surface area (Å²) in [7, 11) is 0. The molecule has 0 bridgehead atoms. The van der Waals surface area contributed by atoms with E-state index in [1.165, 1.54) is 18.4 Å². The lowest BCUT2D eigenvalue weighted by Gasteiger charge is -2.21. The number of rotatable bonds is 5. The maximum absolute atomic E-state index is 9.30. The fraction of sp³-hybridized carbons (Fsp3) is 0.533. The van der Waals surface area contributed by atoms with Gasteiger partial charge in [0.1, 0.15) is 11.8 Å². The first-order chi connectivity index (χ1) is 8.83. The molecule has 0 spiro atoms.